The van der Waals surface area contributed by atoms with Gasteiger partial charge in [0.15, 0.2) is 0 Å². The van der Waals surface area contributed by atoms with Crippen LogP contribution in [-0.2, 0) is 0 Å². The molecule has 2 rings (SSSR count). The second kappa shape index (κ2) is 3.97. The fourth-order valence-electron chi connectivity index (χ4n) is 1.77. The van der Waals surface area contributed by atoms with E-state index in [0.717, 1.165) is 12.0 Å². The first kappa shape index (κ1) is 11.3. The topological polar surface area (TPSA) is 29.5 Å². The summed E-state index contributed by atoms with van der Waals surface area (Å²) in [6, 6.07) is 5.83. The molecule has 1 aromatic carbocycles. The molecule has 0 radical (unpaired) electrons. The van der Waals surface area contributed by atoms with Crippen molar-refractivity contribution in [3.05, 3.63) is 29.8 Å². The Hall–Kier alpha value is -1.23. The SMILES string of the molecule is OC[C@@H]1C[C@@H]1c1ccc(OC(F)(F)F)cc1. The number of rotatable bonds is 3. The Morgan fingerprint density at radius 3 is 2.31 bits per heavy atom. The van der Waals surface area contributed by atoms with Crippen LogP contribution in [0.3, 0.4) is 0 Å². The molecular formula is C11H11F3O2. The summed E-state index contributed by atoms with van der Waals surface area (Å²) in [6.07, 6.45) is -3.75. The van der Waals surface area contributed by atoms with Crippen molar-refractivity contribution < 1.29 is 23.0 Å². The van der Waals surface area contributed by atoms with Gasteiger partial charge in [-0.1, -0.05) is 12.1 Å². The molecule has 0 bridgehead atoms. The van der Waals surface area contributed by atoms with Gasteiger partial charge in [0.25, 0.3) is 0 Å². The van der Waals surface area contributed by atoms with E-state index in [1.807, 2.05) is 0 Å². The van der Waals surface area contributed by atoms with E-state index in [9.17, 15) is 13.2 Å². The summed E-state index contributed by atoms with van der Waals surface area (Å²) >= 11 is 0. The average Bonchev–Trinajstić information content (AvgIpc) is 2.95. The maximum Gasteiger partial charge on any atom is 0.573 e. The van der Waals surface area contributed by atoms with Crippen LogP contribution in [0, 0.1) is 5.92 Å². The van der Waals surface area contributed by atoms with Gasteiger partial charge < -0.3 is 9.84 Å². The summed E-state index contributed by atoms with van der Waals surface area (Å²) < 4.78 is 39.4. The number of hydrogen-bond acceptors (Lipinski definition) is 2. The highest BCUT2D eigenvalue weighted by Gasteiger charge is 2.37. The van der Waals surface area contributed by atoms with Crippen LogP contribution in [0.25, 0.3) is 0 Å². The van der Waals surface area contributed by atoms with Gasteiger partial charge in [0.05, 0.1) is 0 Å². The Morgan fingerprint density at radius 1 is 1.25 bits per heavy atom. The predicted molar refractivity (Wildman–Crippen MR) is 51.1 cm³/mol. The Balaban J connectivity index is 2.00. The van der Waals surface area contributed by atoms with Crippen molar-refractivity contribution in [1.82, 2.24) is 0 Å². The van der Waals surface area contributed by atoms with Crippen molar-refractivity contribution in [2.24, 2.45) is 5.92 Å². The third-order valence-corrected chi connectivity index (χ3v) is 2.70. The molecule has 0 unspecified atom stereocenters. The highest BCUT2D eigenvalue weighted by atomic mass is 19.4. The lowest BCUT2D eigenvalue weighted by Gasteiger charge is -2.09. The summed E-state index contributed by atoms with van der Waals surface area (Å²) in [7, 11) is 0. The number of aliphatic hydroxyl groups is 1. The van der Waals surface area contributed by atoms with E-state index in [-0.39, 0.29) is 24.2 Å². The number of halogens is 3. The third-order valence-electron chi connectivity index (χ3n) is 2.70. The maximum atomic E-state index is 11.9. The molecule has 1 aliphatic rings. The molecule has 0 spiro atoms. The molecule has 0 amide bonds. The van der Waals surface area contributed by atoms with Crippen molar-refractivity contribution in [1.29, 1.82) is 0 Å². The minimum Gasteiger partial charge on any atom is -0.406 e. The van der Waals surface area contributed by atoms with Gasteiger partial charge in [-0.25, -0.2) is 0 Å². The minimum absolute atomic E-state index is 0.130. The van der Waals surface area contributed by atoms with Crippen LogP contribution in [0.1, 0.15) is 17.9 Å². The summed E-state index contributed by atoms with van der Waals surface area (Å²) in [4.78, 5) is 0. The van der Waals surface area contributed by atoms with Crippen molar-refractivity contribution in [3.8, 4) is 5.75 Å². The zero-order chi connectivity index (χ0) is 11.8. The molecule has 5 heteroatoms. The number of hydrogen-bond donors (Lipinski definition) is 1. The van der Waals surface area contributed by atoms with Gasteiger partial charge in [0.2, 0.25) is 0 Å². The highest BCUT2D eigenvalue weighted by molar-refractivity contribution is 5.32. The Kier molecular flexibility index (Phi) is 2.80. The van der Waals surface area contributed by atoms with E-state index in [0.29, 0.717) is 0 Å². The highest BCUT2D eigenvalue weighted by Crippen LogP contribution is 2.47. The maximum absolute atomic E-state index is 11.9. The largest absolute Gasteiger partial charge is 0.573 e. The third kappa shape index (κ3) is 2.66. The molecule has 1 N–H and O–H groups in total. The van der Waals surface area contributed by atoms with E-state index in [1.54, 1.807) is 12.1 Å². The molecule has 0 heterocycles. The van der Waals surface area contributed by atoms with Crippen LogP contribution in [0.2, 0.25) is 0 Å². The second-order valence-corrected chi connectivity index (χ2v) is 3.90. The Morgan fingerprint density at radius 2 is 1.88 bits per heavy atom. The van der Waals surface area contributed by atoms with E-state index < -0.39 is 6.36 Å². The molecule has 0 saturated heterocycles. The quantitative estimate of drug-likeness (QED) is 0.868. The van der Waals surface area contributed by atoms with E-state index in [1.165, 1.54) is 12.1 Å². The molecule has 0 aliphatic heterocycles. The molecule has 1 fully saturated rings. The first-order valence-electron chi connectivity index (χ1n) is 4.96. The number of alkyl halides is 3. The van der Waals surface area contributed by atoms with Gasteiger partial charge in [-0.15, -0.1) is 13.2 Å². The molecule has 2 nitrogen and oxygen atoms in total. The summed E-state index contributed by atoms with van der Waals surface area (Å²) in [6.45, 7) is 0.130. The first-order valence-corrected chi connectivity index (χ1v) is 4.96. The number of ether oxygens (including phenoxy) is 1. The Labute approximate surface area is 90.7 Å². The smallest absolute Gasteiger partial charge is 0.406 e. The zero-order valence-corrected chi connectivity index (χ0v) is 8.37. The van der Waals surface area contributed by atoms with Gasteiger partial charge in [-0.3, -0.25) is 0 Å². The van der Waals surface area contributed by atoms with Crippen molar-refractivity contribution in [3.63, 3.8) is 0 Å². The second-order valence-electron chi connectivity index (χ2n) is 3.90. The van der Waals surface area contributed by atoms with Crippen molar-refractivity contribution in [2.45, 2.75) is 18.7 Å². The van der Waals surface area contributed by atoms with E-state index >= 15 is 0 Å². The summed E-state index contributed by atoms with van der Waals surface area (Å²) in [5.74, 6) is 0.330. The van der Waals surface area contributed by atoms with Gasteiger partial charge in [0.1, 0.15) is 5.75 Å². The molecule has 1 aliphatic carbocycles. The summed E-state index contributed by atoms with van der Waals surface area (Å²) in [5, 5.41) is 8.87. The average molecular weight is 232 g/mol. The Bertz CT molecular complexity index is 358. The molecule has 16 heavy (non-hydrogen) atoms. The normalized spacial score (nSPS) is 24.2. The lowest BCUT2D eigenvalue weighted by atomic mass is 10.1. The van der Waals surface area contributed by atoms with Crippen LogP contribution >= 0.6 is 0 Å². The number of benzene rings is 1. The van der Waals surface area contributed by atoms with Crippen molar-refractivity contribution in [2.75, 3.05) is 6.61 Å². The lowest BCUT2D eigenvalue weighted by Crippen LogP contribution is -2.17. The van der Waals surface area contributed by atoms with Crippen molar-refractivity contribution >= 4 is 0 Å². The van der Waals surface area contributed by atoms with Crippen LogP contribution in [0.4, 0.5) is 13.2 Å². The lowest BCUT2D eigenvalue weighted by molar-refractivity contribution is -0.274. The first-order chi connectivity index (χ1) is 7.49. The molecule has 1 saturated carbocycles. The molecule has 88 valence electrons. The van der Waals surface area contributed by atoms with E-state index in [2.05, 4.69) is 4.74 Å². The molecule has 2 atom stereocenters. The summed E-state index contributed by atoms with van der Waals surface area (Å²) in [5.41, 5.74) is 0.952. The predicted octanol–water partition coefficient (Wildman–Crippen LogP) is 2.68. The van der Waals surface area contributed by atoms with Gasteiger partial charge >= 0.3 is 6.36 Å². The van der Waals surface area contributed by atoms with Crippen LogP contribution < -0.4 is 4.74 Å². The fraction of sp³-hybridized carbons (Fsp3) is 0.455. The van der Waals surface area contributed by atoms with Gasteiger partial charge in [0, 0.05) is 6.61 Å². The van der Waals surface area contributed by atoms with Crippen LogP contribution in [0.15, 0.2) is 24.3 Å². The molecule has 0 aromatic heterocycles. The number of aliphatic hydroxyl groups excluding tert-OH is 1. The zero-order valence-electron chi connectivity index (χ0n) is 8.37. The fourth-order valence-corrected chi connectivity index (χ4v) is 1.77. The van der Waals surface area contributed by atoms with E-state index in [4.69, 9.17) is 5.11 Å². The van der Waals surface area contributed by atoms with Crippen LogP contribution in [0.5, 0.6) is 5.75 Å². The van der Waals surface area contributed by atoms with Crippen LogP contribution in [-0.4, -0.2) is 18.1 Å². The molecular weight excluding hydrogens is 221 g/mol. The van der Waals surface area contributed by atoms with Gasteiger partial charge in [-0.05, 0) is 36.0 Å². The standard InChI is InChI=1S/C11H11F3O2/c12-11(13,14)16-9-3-1-7(2-4-9)10-5-8(10)6-15/h1-4,8,10,15H,5-6H2/t8-,10+/m0/s1. The monoisotopic (exact) mass is 232 g/mol. The minimum atomic E-state index is -4.64. The van der Waals surface area contributed by atoms with Gasteiger partial charge in [-0.2, -0.15) is 0 Å². The molecule has 1 aromatic rings.